The van der Waals surface area contributed by atoms with Gasteiger partial charge in [-0.2, -0.15) is 0 Å². The number of methoxy groups -OCH3 is 1. The maximum absolute atomic E-state index is 13.4. The molecule has 4 aliphatic rings. The predicted molar refractivity (Wildman–Crippen MR) is 105 cm³/mol. The van der Waals surface area contributed by atoms with Crippen LogP contribution in [0.4, 0.5) is 0 Å². The lowest BCUT2D eigenvalue weighted by Crippen LogP contribution is -2.73. The van der Waals surface area contributed by atoms with Crippen molar-refractivity contribution >= 4 is 17.7 Å². The molecular weight excluding hydrogens is 372 g/mol. The highest BCUT2D eigenvalue weighted by atomic mass is 16.6. The maximum atomic E-state index is 13.4. The fraction of sp³-hybridized carbons (Fsp3) is 0.783. The van der Waals surface area contributed by atoms with Crippen LogP contribution in [0.3, 0.4) is 0 Å². The van der Waals surface area contributed by atoms with Crippen molar-refractivity contribution in [2.75, 3.05) is 7.11 Å². The van der Waals surface area contributed by atoms with Gasteiger partial charge in [-0.25, -0.2) is 0 Å². The Hall–Kier alpha value is -1.69. The molecule has 3 aliphatic carbocycles. The minimum Gasteiger partial charge on any atom is -0.462 e. The van der Waals surface area contributed by atoms with Gasteiger partial charge in [0.05, 0.1) is 6.10 Å². The minimum absolute atomic E-state index is 0.00213. The lowest BCUT2D eigenvalue weighted by molar-refractivity contribution is -0.282. The second kappa shape index (κ2) is 6.66. The lowest BCUT2D eigenvalue weighted by atomic mass is 9.38. The van der Waals surface area contributed by atoms with Crippen LogP contribution in [0.2, 0.25) is 0 Å². The fourth-order valence-electron chi connectivity index (χ4n) is 7.55. The number of ether oxygens (including phenoxy) is 3. The molecule has 4 rings (SSSR count). The molecule has 0 spiro atoms. The summed E-state index contributed by atoms with van der Waals surface area (Å²) in [5.41, 5.74) is -1.17. The monoisotopic (exact) mass is 404 g/mol. The van der Waals surface area contributed by atoms with Crippen LogP contribution in [-0.2, 0) is 28.6 Å². The van der Waals surface area contributed by atoms with Gasteiger partial charge in [-0.15, -0.1) is 0 Å². The van der Waals surface area contributed by atoms with Crippen molar-refractivity contribution in [1.82, 2.24) is 0 Å². The number of fused-ring (bicyclic) bond motifs is 2. The van der Waals surface area contributed by atoms with E-state index in [4.69, 9.17) is 14.2 Å². The lowest BCUT2D eigenvalue weighted by Gasteiger charge is -2.68. The summed E-state index contributed by atoms with van der Waals surface area (Å²) in [5.74, 6) is -0.608. The van der Waals surface area contributed by atoms with E-state index < -0.39 is 16.9 Å². The Labute approximate surface area is 172 Å². The summed E-state index contributed by atoms with van der Waals surface area (Å²) in [6, 6.07) is 0. The number of carbonyl (C=O) groups is 3. The molecule has 3 fully saturated rings. The molecule has 2 saturated carbocycles. The van der Waals surface area contributed by atoms with Crippen molar-refractivity contribution < 1.29 is 28.6 Å². The molecule has 6 nitrogen and oxygen atoms in total. The largest absolute Gasteiger partial charge is 0.462 e. The number of hydrogen-bond donors (Lipinski definition) is 0. The van der Waals surface area contributed by atoms with Crippen LogP contribution in [0.25, 0.3) is 0 Å². The predicted octanol–water partition coefficient (Wildman–Crippen LogP) is 2.94. The molecular formula is C23H32O6. The second-order valence-corrected chi connectivity index (χ2v) is 9.97. The van der Waals surface area contributed by atoms with Crippen LogP contribution in [0.15, 0.2) is 12.2 Å². The SMILES string of the molecule is COC1C(C)C2CC(=O)OC3CC4C(C)C=CC(=O)C4(C)C(C1OC(C)=O)C32C. The van der Waals surface area contributed by atoms with Gasteiger partial charge in [0, 0.05) is 37.2 Å². The molecule has 0 bridgehead atoms. The van der Waals surface area contributed by atoms with Gasteiger partial charge < -0.3 is 14.2 Å². The highest BCUT2D eigenvalue weighted by Crippen LogP contribution is 2.68. The number of ketones is 1. The Bertz CT molecular complexity index is 773. The van der Waals surface area contributed by atoms with Gasteiger partial charge in [0.1, 0.15) is 12.2 Å². The summed E-state index contributed by atoms with van der Waals surface area (Å²) in [5, 5.41) is 0. The number of rotatable bonds is 2. The smallest absolute Gasteiger partial charge is 0.306 e. The van der Waals surface area contributed by atoms with Crippen molar-refractivity contribution in [2.24, 2.45) is 40.4 Å². The van der Waals surface area contributed by atoms with E-state index in [1.807, 2.05) is 13.0 Å². The van der Waals surface area contributed by atoms with E-state index in [1.165, 1.54) is 6.92 Å². The van der Waals surface area contributed by atoms with Gasteiger partial charge in [-0.1, -0.05) is 33.8 Å². The van der Waals surface area contributed by atoms with Crippen LogP contribution in [0.1, 0.15) is 47.5 Å². The molecule has 1 saturated heterocycles. The molecule has 0 amide bonds. The van der Waals surface area contributed by atoms with E-state index >= 15 is 0 Å². The van der Waals surface area contributed by atoms with Gasteiger partial charge >= 0.3 is 11.9 Å². The van der Waals surface area contributed by atoms with Crippen LogP contribution in [0, 0.1) is 40.4 Å². The van der Waals surface area contributed by atoms with Gasteiger partial charge in [0.15, 0.2) is 5.78 Å². The van der Waals surface area contributed by atoms with E-state index in [0.29, 0.717) is 12.8 Å². The summed E-state index contributed by atoms with van der Waals surface area (Å²) in [7, 11) is 1.62. The summed E-state index contributed by atoms with van der Waals surface area (Å²) in [6.07, 6.45) is 3.37. The Morgan fingerprint density at radius 2 is 1.86 bits per heavy atom. The molecule has 0 aromatic heterocycles. The van der Waals surface area contributed by atoms with Crippen LogP contribution in [-0.4, -0.2) is 43.1 Å². The van der Waals surface area contributed by atoms with Crippen molar-refractivity contribution in [3.63, 3.8) is 0 Å². The average molecular weight is 405 g/mol. The Morgan fingerprint density at radius 1 is 1.17 bits per heavy atom. The van der Waals surface area contributed by atoms with Gasteiger partial charge in [0.25, 0.3) is 0 Å². The zero-order valence-electron chi connectivity index (χ0n) is 18.1. The minimum atomic E-state index is -0.710. The first kappa shape index (κ1) is 20.6. The molecule has 29 heavy (non-hydrogen) atoms. The fourth-order valence-corrected chi connectivity index (χ4v) is 7.55. The van der Waals surface area contributed by atoms with E-state index in [2.05, 4.69) is 20.8 Å². The van der Waals surface area contributed by atoms with E-state index in [9.17, 15) is 14.4 Å². The second-order valence-electron chi connectivity index (χ2n) is 9.97. The highest BCUT2D eigenvalue weighted by Gasteiger charge is 2.73. The average Bonchev–Trinajstić information content (AvgIpc) is 2.63. The van der Waals surface area contributed by atoms with Crippen molar-refractivity contribution in [3.8, 4) is 0 Å². The summed E-state index contributed by atoms with van der Waals surface area (Å²) >= 11 is 0. The third-order valence-corrected chi connectivity index (χ3v) is 8.80. The molecule has 1 aliphatic heterocycles. The molecule has 0 radical (unpaired) electrons. The molecule has 160 valence electrons. The quantitative estimate of drug-likeness (QED) is 0.659. The Morgan fingerprint density at radius 3 is 2.48 bits per heavy atom. The maximum Gasteiger partial charge on any atom is 0.306 e. The Balaban J connectivity index is 1.95. The third-order valence-electron chi connectivity index (χ3n) is 8.80. The van der Waals surface area contributed by atoms with Crippen molar-refractivity contribution in [1.29, 1.82) is 0 Å². The molecule has 0 aromatic rings. The van der Waals surface area contributed by atoms with Gasteiger partial charge in [0.2, 0.25) is 0 Å². The topological polar surface area (TPSA) is 78.9 Å². The van der Waals surface area contributed by atoms with Gasteiger partial charge in [-0.3, -0.25) is 14.4 Å². The third kappa shape index (κ3) is 2.60. The van der Waals surface area contributed by atoms with E-state index in [-0.39, 0.29) is 59.5 Å². The van der Waals surface area contributed by atoms with Crippen LogP contribution in [0.5, 0.6) is 0 Å². The first-order valence-electron chi connectivity index (χ1n) is 10.7. The normalized spacial score (nSPS) is 51.0. The molecule has 1 heterocycles. The molecule has 0 aromatic carbocycles. The standard InChI is InChI=1S/C23H32O6/c1-11-7-8-16(25)22(4)14(11)9-17-23(5)15(10-18(26)29-17)12(2)19(27-6)20(21(22)23)28-13(3)24/h7-8,11-12,14-15,17,19-21H,9-10H2,1-6H3. The number of hydrogen-bond acceptors (Lipinski definition) is 6. The number of carbonyl (C=O) groups excluding carboxylic acids is 3. The van der Waals surface area contributed by atoms with Crippen LogP contribution >= 0.6 is 0 Å². The summed E-state index contributed by atoms with van der Waals surface area (Å²) in [4.78, 5) is 38.0. The zero-order chi connectivity index (χ0) is 21.3. The highest BCUT2D eigenvalue weighted by molar-refractivity contribution is 5.96. The number of allylic oxidation sites excluding steroid dienone is 2. The summed E-state index contributed by atoms with van der Waals surface area (Å²) in [6.45, 7) is 9.73. The van der Waals surface area contributed by atoms with E-state index in [0.717, 1.165) is 0 Å². The van der Waals surface area contributed by atoms with Crippen LogP contribution < -0.4 is 0 Å². The van der Waals surface area contributed by atoms with E-state index in [1.54, 1.807) is 13.2 Å². The summed E-state index contributed by atoms with van der Waals surface area (Å²) < 4.78 is 17.7. The molecule has 6 heteroatoms. The first-order chi connectivity index (χ1) is 13.6. The Kier molecular flexibility index (Phi) is 4.72. The van der Waals surface area contributed by atoms with Crippen molar-refractivity contribution in [2.45, 2.75) is 65.8 Å². The first-order valence-corrected chi connectivity index (χ1v) is 10.7. The van der Waals surface area contributed by atoms with Gasteiger partial charge in [-0.05, 0) is 36.2 Å². The number of esters is 2. The zero-order valence-corrected chi connectivity index (χ0v) is 18.1. The molecule has 0 N–H and O–H groups in total. The molecule has 10 atom stereocenters. The molecule has 10 unspecified atom stereocenters. The van der Waals surface area contributed by atoms with Crippen molar-refractivity contribution in [3.05, 3.63) is 12.2 Å².